The topological polar surface area (TPSA) is 122 Å². The van der Waals surface area contributed by atoms with E-state index in [4.69, 9.17) is 14.5 Å². The molecule has 1 aliphatic rings. The van der Waals surface area contributed by atoms with Crippen LogP contribution in [0.5, 0.6) is 11.5 Å². The van der Waals surface area contributed by atoms with Gasteiger partial charge in [0, 0.05) is 49.6 Å². The van der Waals surface area contributed by atoms with Crippen LogP contribution in [0.3, 0.4) is 0 Å². The second kappa shape index (κ2) is 14.3. The summed E-state index contributed by atoms with van der Waals surface area (Å²) >= 11 is 0. The number of nitrogens with zero attached hydrogens (tertiary/aromatic N) is 5. The summed E-state index contributed by atoms with van der Waals surface area (Å²) in [5, 5.41) is 13.6. The van der Waals surface area contributed by atoms with Gasteiger partial charge in [0.25, 0.3) is 11.8 Å². The lowest BCUT2D eigenvalue weighted by molar-refractivity contribution is 0.0531. The number of pyridine rings is 2. The van der Waals surface area contributed by atoms with Crippen molar-refractivity contribution in [2.75, 3.05) is 44.7 Å². The number of anilines is 2. The van der Waals surface area contributed by atoms with Gasteiger partial charge in [-0.1, -0.05) is 60.7 Å². The van der Waals surface area contributed by atoms with Crippen LogP contribution < -0.4 is 14.8 Å². The first-order valence-corrected chi connectivity index (χ1v) is 16.6. The van der Waals surface area contributed by atoms with Crippen LogP contribution in [0, 0.1) is 13.8 Å². The zero-order valence-electron chi connectivity index (χ0n) is 28.0. The lowest BCUT2D eigenvalue weighted by atomic mass is 10.1. The van der Waals surface area contributed by atoms with E-state index in [0.29, 0.717) is 78.1 Å². The molecule has 0 radical (unpaired) electrons. The Morgan fingerprint density at radius 1 is 0.820 bits per heavy atom. The summed E-state index contributed by atoms with van der Waals surface area (Å²) in [5.74, 6) is 0.788. The molecular weight excluding hydrogens is 632 g/mol. The van der Waals surface area contributed by atoms with Crippen LogP contribution in [0.2, 0.25) is 0 Å². The molecule has 7 rings (SSSR count). The number of fused-ring (bicyclic) bond motifs is 2. The first-order chi connectivity index (χ1) is 24.4. The monoisotopic (exact) mass is 670 g/mol. The number of piperazine rings is 1. The van der Waals surface area contributed by atoms with Gasteiger partial charge in [-0.2, -0.15) is 0 Å². The van der Waals surface area contributed by atoms with Crippen molar-refractivity contribution in [1.82, 2.24) is 24.2 Å². The second-order valence-corrected chi connectivity index (χ2v) is 12.2. The van der Waals surface area contributed by atoms with E-state index in [1.165, 1.54) is 0 Å². The predicted octanol–water partition coefficient (Wildman–Crippen LogP) is 5.79. The maximum Gasteiger partial charge on any atom is 0.272 e. The normalized spacial score (nSPS) is 13.1. The predicted molar refractivity (Wildman–Crippen MR) is 191 cm³/mol. The minimum atomic E-state index is -0.185. The number of para-hydroxylation sites is 2. The minimum absolute atomic E-state index is 0.128. The highest BCUT2D eigenvalue weighted by atomic mass is 16.5. The molecule has 3 aromatic carbocycles. The number of hydrogen-bond donors (Lipinski definition) is 2. The molecule has 11 heteroatoms. The average molecular weight is 671 g/mol. The third kappa shape index (κ3) is 6.42. The number of carbonyl (C=O) groups is 2. The molecule has 0 unspecified atom stereocenters. The Balaban J connectivity index is 1.11. The van der Waals surface area contributed by atoms with Crippen LogP contribution in [0.15, 0.2) is 97.3 Å². The highest BCUT2D eigenvalue weighted by Gasteiger charge is 2.30. The third-order valence-corrected chi connectivity index (χ3v) is 8.93. The molecule has 0 atom stereocenters. The Hall–Kier alpha value is -5.94. The largest absolute Gasteiger partial charge is 0.489 e. The summed E-state index contributed by atoms with van der Waals surface area (Å²) in [6.45, 7) is 5.66. The van der Waals surface area contributed by atoms with E-state index in [1.807, 2.05) is 98.9 Å². The number of nitrogens with one attached hydrogen (secondary N) is 1. The van der Waals surface area contributed by atoms with Crippen molar-refractivity contribution < 1.29 is 24.2 Å². The van der Waals surface area contributed by atoms with Gasteiger partial charge in [0.05, 0.1) is 23.6 Å². The lowest BCUT2D eigenvalue weighted by Gasteiger charge is -2.35. The number of benzene rings is 3. The standard InChI is InChI=1S/C39H38N6O5/c1-26-10-6-7-14-31(26)42-34-29-13-8-15-32(49-23-22-46)35(29)40-24-30(34)38(47)43-18-20-44(21-19-43)39(48)36-27(2)41-37-33(16-9-17-45(36)37)50-25-28-11-4-3-5-12-28/h3-17,24,46H,18-23,25H2,1-2H3,(H,40,42). The molecule has 1 saturated heterocycles. The lowest BCUT2D eigenvalue weighted by Crippen LogP contribution is -2.51. The van der Waals surface area contributed by atoms with Gasteiger partial charge >= 0.3 is 0 Å². The van der Waals surface area contributed by atoms with Crippen molar-refractivity contribution in [1.29, 1.82) is 0 Å². The number of aryl methyl sites for hydroxylation is 2. The summed E-state index contributed by atoms with van der Waals surface area (Å²) in [5.41, 5.74) is 6.22. The maximum absolute atomic E-state index is 14.2. The van der Waals surface area contributed by atoms with Gasteiger partial charge in [0.15, 0.2) is 11.4 Å². The number of amides is 2. The third-order valence-electron chi connectivity index (χ3n) is 8.93. The second-order valence-electron chi connectivity index (χ2n) is 12.2. The van der Waals surface area contributed by atoms with Crippen LogP contribution in [-0.2, 0) is 6.61 Å². The molecule has 1 fully saturated rings. The highest BCUT2D eigenvalue weighted by Crippen LogP contribution is 2.35. The number of ether oxygens (including phenoxy) is 2. The van der Waals surface area contributed by atoms with E-state index >= 15 is 0 Å². The molecule has 1 aliphatic heterocycles. The van der Waals surface area contributed by atoms with Crippen molar-refractivity contribution in [2.24, 2.45) is 0 Å². The minimum Gasteiger partial charge on any atom is -0.489 e. The number of carbonyl (C=O) groups excluding carboxylic acids is 2. The van der Waals surface area contributed by atoms with E-state index in [0.717, 1.165) is 22.2 Å². The van der Waals surface area contributed by atoms with Crippen molar-refractivity contribution in [3.05, 3.63) is 125 Å². The van der Waals surface area contributed by atoms with Gasteiger partial charge in [0.1, 0.15) is 30.2 Å². The van der Waals surface area contributed by atoms with Crippen LogP contribution in [0.4, 0.5) is 11.4 Å². The molecule has 3 aromatic heterocycles. The molecule has 0 bridgehead atoms. The molecule has 2 amide bonds. The highest BCUT2D eigenvalue weighted by molar-refractivity contribution is 6.09. The van der Waals surface area contributed by atoms with Crippen LogP contribution in [-0.4, -0.2) is 80.5 Å². The Morgan fingerprint density at radius 2 is 1.54 bits per heavy atom. The fourth-order valence-electron chi connectivity index (χ4n) is 6.31. The first-order valence-electron chi connectivity index (χ1n) is 16.6. The van der Waals surface area contributed by atoms with E-state index in [2.05, 4.69) is 10.3 Å². The van der Waals surface area contributed by atoms with Gasteiger partial charge in [-0.3, -0.25) is 19.0 Å². The summed E-state index contributed by atoms with van der Waals surface area (Å²) in [6, 6.07) is 27.0. The number of aromatic nitrogens is 3. The molecule has 0 spiro atoms. The molecule has 6 aromatic rings. The van der Waals surface area contributed by atoms with Crippen molar-refractivity contribution in [3.63, 3.8) is 0 Å². The number of rotatable bonds is 10. The Labute approximate surface area is 289 Å². The number of imidazole rings is 1. The van der Waals surface area contributed by atoms with Gasteiger partial charge in [0.2, 0.25) is 0 Å². The maximum atomic E-state index is 14.2. The van der Waals surface area contributed by atoms with Gasteiger partial charge in [-0.05, 0) is 49.2 Å². The summed E-state index contributed by atoms with van der Waals surface area (Å²) in [6.07, 6.45) is 3.40. The molecule has 0 aliphatic carbocycles. The average Bonchev–Trinajstić information content (AvgIpc) is 3.50. The number of aliphatic hydroxyl groups excluding tert-OH is 1. The Morgan fingerprint density at radius 3 is 2.30 bits per heavy atom. The molecule has 11 nitrogen and oxygen atoms in total. The van der Waals surface area contributed by atoms with Gasteiger partial charge < -0.3 is 29.7 Å². The van der Waals surface area contributed by atoms with Gasteiger partial charge in [-0.25, -0.2) is 4.98 Å². The number of aliphatic hydroxyl groups is 1. The smallest absolute Gasteiger partial charge is 0.272 e. The fourth-order valence-corrected chi connectivity index (χ4v) is 6.31. The summed E-state index contributed by atoms with van der Waals surface area (Å²) < 4.78 is 13.7. The molecule has 50 heavy (non-hydrogen) atoms. The van der Waals surface area contributed by atoms with E-state index in [-0.39, 0.29) is 25.0 Å². The molecule has 0 saturated carbocycles. The number of hydrogen-bond acceptors (Lipinski definition) is 8. The van der Waals surface area contributed by atoms with Crippen molar-refractivity contribution in [3.8, 4) is 11.5 Å². The molecule has 254 valence electrons. The summed E-state index contributed by atoms with van der Waals surface area (Å²) in [7, 11) is 0. The van der Waals surface area contributed by atoms with Crippen LogP contribution >= 0.6 is 0 Å². The van der Waals surface area contributed by atoms with Crippen molar-refractivity contribution >= 4 is 39.7 Å². The first kappa shape index (κ1) is 32.6. The zero-order valence-corrected chi connectivity index (χ0v) is 28.0. The van der Waals surface area contributed by atoms with Crippen LogP contribution in [0.25, 0.3) is 16.6 Å². The van der Waals surface area contributed by atoms with Crippen LogP contribution in [0.1, 0.15) is 37.7 Å². The molecule has 4 heterocycles. The fraction of sp³-hybridized carbons (Fsp3) is 0.231. The van der Waals surface area contributed by atoms with E-state index < -0.39 is 0 Å². The quantitative estimate of drug-likeness (QED) is 0.188. The molecular formula is C39H38N6O5. The zero-order chi connectivity index (χ0) is 34.6. The van der Waals surface area contributed by atoms with E-state index in [9.17, 15) is 14.7 Å². The van der Waals surface area contributed by atoms with E-state index in [1.54, 1.807) is 26.5 Å². The van der Waals surface area contributed by atoms with Gasteiger partial charge in [-0.15, -0.1) is 0 Å². The Kier molecular flexibility index (Phi) is 9.30. The SMILES string of the molecule is Cc1ccccc1Nc1c(C(=O)N2CCN(C(=O)c3c(C)nc4c(OCc5ccccc5)cccn34)CC2)cnc2c(OCCO)cccc12. The Bertz CT molecular complexity index is 2180. The summed E-state index contributed by atoms with van der Waals surface area (Å²) in [4.78, 5) is 41.0. The van der Waals surface area contributed by atoms with Crippen molar-refractivity contribution in [2.45, 2.75) is 20.5 Å². The molecule has 2 N–H and O–H groups in total.